The van der Waals surface area contributed by atoms with Crippen LogP contribution in [0.3, 0.4) is 0 Å². The van der Waals surface area contributed by atoms with Crippen LogP contribution in [0.2, 0.25) is 0 Å². The van der Waals surface area contributed by atoms with Crippen molar-refractivity contribution in [3.8, 4) is 11.5 Å². The molecule has 3 rings (SSSR count). The first-order valence-corrected chi connectivity index (χ1v) is 15.1. The smallest absolute Gasteiger partial charge is 0.261 e. The first kappa shape index (κ1) is 33.5. The second kappa shape index (κ2) is 14.5. The molecule has 3 aromatic rings. The number of methoxy groups -OCH3 is 1. The molecule has 7 nitrogen and oxygen atoms in total. The zero-order valence-corrected chi connectivity index (χ0v) is 26.8. The van der Waals surface area contributed by atoms with E-state index < -0.39 is 17.8 Å². The Hall–Kier alpha value is -3.97. The maximum absolute atomic E-state index is 13.8. The minimum atomic E-state index is -1.44. The molecule has 2 N–H and O–H groups in total. The van der Waals surface area contributed by atoms with E-state index in [0.29, 0.717) is 23.6 Å². The third-order valence-corrected chi connectivity index (χ3v) is 8.26. The Morgan fingerprint density at radius 2 is 1.47 bits per heavy atom. The minimum Gasteiger partial charge on any atom is -0.455 e. The fraction of sp³-hybridized carbons (Fsp3) is 0.417. The van der Waals surface area contributed by atoms with E-state index in [1.807, 2.05) is 19.1 Å². The van der Waals surface area contributed by atoms with Gasteiger partial charge in [0.05, 0.1) is 5.69 Å². The summed E-state index contributed by atoms with van der Waals surface area (Å²) in [4.78, 5) is 39.8. The zero-order chi connectivity index (χ0) is 31.8. The van der Waals surface area contributed by atoms with Crippen molar-refractivity contribution in [2.24, 2.45) is 0 Å². The summed E-state index contributed by atoms with van der Waals surface area (Å²) in [5, 5.41) is 5.62. The van der Waals surface area contributed by atoms with Crippen LogP contribution >= 0.6 is 0 Å². The number of ether oxygens (including phenoxy) is 2. The number of carbonyl (C=O) groups is 3. The van der Waals surface area contributed by atoms with E-state index in [4.69, 9.17) is 9.47 Å². The normalized spacial score (nSPS) is 12.4. The Kier molecular flexibility index (Phi) is 11.3. The summed E-state index contributed by atoms with van der Waals surface area (Å²) in [6.07, 6.45) is 1.31. The number of hydrogen-bond acceptors (Lipinski definition) is 5. The molecule has 3 aromatic carbocycles. The lowest BCUT2D eigenvalue weighted by Gasteiger charge is -2.30. The van der Waals surface area contributed by atoms with Crippen LogP contribution in [-0.2, 0) is 25.2 Å². The summed E-state index contributed by atoms with van der Waals surface area (Å²) in [5.74, 6) is -0.517. The van der Waals surface area contributed by atoms with Crippen LogP contribution in [-0.4, -0.2) is 30.8 Å². The first-order chi connectivity index (χ1) is 20.4. The highest BCUT2D eigenvalue weighted by Gasteiger charge is 2.32. The van der Waals surface area contributed by atoms with Crippen molar-refractivity contribution in [1.29, 1.82) is 0 Å². The van der Waals surface area contributed by atoms with Crippen molar-refractivity contribution in [1.82, 2.24) is 0 Å². The summed E-state index contributed by atoms with van der Waals surface area (Å²) < 4.78 is 11.9. The quantitative estimate of drug-likeness (QED) is 0.146. The summed E-state index contributed by atoms with van der Waals surface area (Å²) in [6.45, 7) is 15.0. The molecule has 0 aliphatic carbocycles. The summed E-state index contributed by atoms with van der Waals surface area (Å²) in [7, 11) is 1.31. The second-order valence-electron chi connectivity index (χ2n) is 12.1. The number of nitrogens with one attached hydrogen (secondary N) is 2. The number of carbonyl (C=O) groups excluding carboxylic acids is 3. The van der Waals surface area contributed by atoms with E-state index in [2.05, 4.69) is 64.3 Å². The Bertz CT molecular complexity index is 1430. The number of amides is 2. The van der Waals surface area contributed by atoms with Crippen LogP contribution in [0.4, 0.5) is 11.4 Å². The molecular weight excluding hydrogens is 540 g/mol. The first-order valence-electron chi connectivity index (χ1n) is 15.1. The van der Waals surface area contributed by atoms with Crippen LogP contribution in [0.15, 0.2) is 66.7 Å². The van der Waals surface area contributed by atoms with Crippen molar-refractivity contribution >= 4 is 29.0 Å². The highest BCUT2D eigenvalue weighted by atomic mass is 16.5. The lowest BCUT2D eigenvalue weighted by molar-refractivity contribution is -0.123. The van der Waals surface area contributed by atoms with E-state index >= 15 is 0 Å². The molecule has 230 valence electrons. The SMILES string of the molecule is CCCC(=O)Nc1c(Oc2ccc(C(C)(C)CC)cc2C(C)(C)CC)cccc1C(=O)C(OC)C(=O)Nc1ccccc1. The van der Waals surface area contributed by atoms with Gasteiger partial charge >= 0.3 is 0 Å². The predicted octanol–water partition coefficient (Wildman–Crippen LogP) is 8.43. The summed E-state index contributed by atoms with van der Waals surface area (Å²) >= 11 is 0. The van der Waals surface area contributed by atoms with Gasteiger partial charge in [-0.15, -0.1) is 0 Å². The van der Waals surface area contributed by atoms with Gasteiger partial charge < -0.3 is 20.1 Å². The lowest BCUT2D eigenvalue weighted by atomic mass is 9.76. The van der Waals surface area contributed by atoms with E-state index in [1.165, 1.54) is 12.7 Å². The molecule has 0 heterocycles. The molecule has 0 aromatic heterocycles. The van der Waals surface area contributed by atoms with E-state index in [9.17, 15) is 14.4 Å². The molecule has 7 heteroatoms. The molecule has 0 aliphatic heterocycles. The van der Waals surface area contributed by atoms with E-state index in [-0.39, 0.29) is 34.4 Å². The third-order valence-electron chi connectivity index (χ3n) is 8.26. The number of ketones is 1. The Morgan fingerprint density at radius 3 is 2.07 bits per heavy atom. The van der Waals surface area contributed by atoms with Gasteiger partial charge in [0, 0.05) is 30.3 Å². The monoisotopic (exact) mass is 586 g/mol. The molecule has 0 aliphatic rings. The Balaban J connectivity index is 2.10. The molecule has 0 fully saturated rings. The fourth-order valence-electron chi connectivity index (χ4n) is 4.66. The molecule has 0 radical (unpaired) electrons. The van der Waals surface area contributed by atoms with E-state index in [0.717, 1.165) is 18.4 Å². The summed E-state index contributed by atoms with van der Waals surface area (Å²) in [6, 6.07) is 20.1. The van der Waals surface area contributed by atoms with Gasteiger partial charge in [-0.1, -0.05) is 84.9 Å². The highest BCUT2D eigenvalue weighted by Crippen LogP contribution is 2.42. The van der Waals surface area contributed by atoms with Crippen LogP contribution < -0.4 is 15.4 Å². The minimum absolute atomic E-state index is 0.0157. The van der Waals surface area contributed by atoms with Gasteiger partial charge in [0.15, 0.2) is 11.9 Å². The second-order valence-corrected chi connectivity index (χ2v) is 12.1. The number of para-hydroxylation sites is 2. The number of hydrogen-bond donors (Lipinski definition) is 2. The molecule has 2 amide bonds. The molecule has 43 heavy (non-hydrogen) atoms. The average molecular weight is 587 g/mol. The topological polar surface area (TPSA) is 93.7 Å². The molecule has 1 unspecified atom stereocenters. The van der Waals surface area contributed by atoms with Gasteiger partial charge in [0.2, 0.25) is 11.7 Å². The van der Waals surface area contributed by atoms with Crippen molar-refractivity contribution in [3.63, 3.8) is 0 Å². The number of anilines is 2. The number of benzene rings is 3. The molecule has 0 bridgehead atoms. The maximum Gasteiger partial charge on any atom is 0.261 e. The van der Waals surface area contributed by atoms with Crippen LogP contribution in [0.5, 0.6) is 11.5 Å². The predicted molar refractivity (Wildman–Crippen MR) is 173 cm³/mol. The molecule has 0 saturated heterocycles. The number of rotatable bonds is 14. The largest absolute Gasteiger partial charge is 0.455 e. The van der Waals surface area contributed by atoms with Crippen molar-refractivity contribution in [2.75, 3.05) is 17.7 Å². The van der Waals surface area contributed by atoms with Gasteiger partial charge in [-0.3, -0.25) is 14.4 Å². The standard InChI is InChI=1S/C36H46N2O5/c1-9-16-30(39)38-31-26(32(40)33(42-8)34(41)37-25-17-13-12-14-18-25)19-15-20-29(31)43-28-22-21-24(35(4,5)10-2)23-27(28)36(6,7)11-3/h12-15,17-23,33H,9-11,16H2,1-8H3,(H,37,41)(H,38,39). The van der Waals surface area contributed by atoms with Gasteiger partial charge in [-0.05, 0) is 66.0 Å². The van der Waals surface area contributed by atoms with Gasteiger partial charge in [-0.25, -0.2) is 0 Å². The van der Waals surface area contributed by atoms with Gasteiger partial charge in [0.1, 0.15) is 5.75 Å². The van der Waals surface area contributed by atoms with Crippen molar-refractivity contribution in [2.45, 2.75) is 91.1 Å². The van der Waals surface area contributed by atoms with Gasteiger partial charge in [-0.2, -0.15) is 0 Å². The third kappa shape index (κ3) is 8.11. The average Bonchev–Trinajstić information content (AvgIpc) is 2.99. The Labute approximate surface area is 256 Å². The van der Waals surface area contributed by atoms with Crippen molar-refractivity contribution < 1.29 is 23.9 Å². The van der Waals surface area contributed by atoms with Gasteiger partial charge in [0.25, 0.3) is 5.91 Å². The van der Waals surface area contributed by atoms with Crippen LogP contribution in [0.25, 0.3) is 0 Å². The fourth-order valence-corrected chi connectivity index (χ4v) is 4.66. The van der Waals surface area contributed by atoms with Crippen molar-refractivity contribution in [3.05, 3.63) is 83.4 Å². The highest BCUT2D eigenvalue weighted by molar-refractivity contribution is 6.19. The lowest BCUT2D eigenvalue weighted by Crippen LogP contribution is -2.37. The molecule has 1 atom stereocenters. The number of Topliss-reactive ketones (excluding diaryl/α,β-unsaturated/α-hetero) is 1. The van der Waals surface area contributed by atoms with Crippen LogP contribution in [0, 0.1) is 0 Å². The Morgan fingerprint density at radius 1 is 0.791 bits per heavy atom. The van der Waals surface area contributed by atoms with Crippen LogP contribution in [0.1, 0.15) is 95.6 Å². The van der Waals surface area contributed by atoms with E-state index in [1.54, 1.807) is 42.5 Å². The molecule has 0 spiro atoms. The maximum atomic E-state index is 13.8. The summed E-state index contributed by atoms with van der Waals surface area (Å²) in [5.41, 5.74) is 2.90. The zero-order valence-electron chi connectivity index (χ0n) is 26.8. The molecule has 0 saturated carbocycles. The molecular formula is C36H46N2O5.